The third-order valence-corrected chi connectivity index (χ3v) is 3.24. The number of rotatable bonds is 4. The molecule has 1 atom stereocenters. The van der Waals surface area contributed by atoms with Crippen molar-refractivity contribution in [2.75, 3.05) is 7.05 Å². The number of aromatic nitrogens is 2. The van der Waals surface area contributed by atoms with E-state index in [-0.39, 0.29) is 11.9 Å². The van der Waals surface area contributed by atoms with Gasteiger partial charge in [0.25, 0.3) is 5.91 Å². The molecule has 5 nitrogen and oxygen atoms in total. The van der Waals surface area contributed by atoms with Crippen LogP contribution < -0.4 is 11.1 Å². The highest BCUT2D eigenvalue weighted by Gasteiger charge is 2.10. The molecular formula is C14H17ClN4O. The summed E-state index contributed by atoms with van der Waals surface area (Å²) < 4.78 is 1.62. The van der Waals surface area contributed by atoms with Gasteiger partial charge in [-0.2, -0.15) is 5.10 Å². The highest BCUT2D eigenvalue weighted by Crippen LogP contribution is 2.21. The number of nitrogens with two attached hydrogens (primary N) is 1. The van der Waals surface area contributed by atoms with Crippen LogP contribution in [-0.2, 0) is 6.42 Å². The van der Waals surface area contributed by atoms with Gasteiger partial charge < -0.3 is 11.1 Å². The van der Waals surface area contributed by atoms with Gasteiger partial charge in [-0.1, -0.05) is 17.7 Å². The van der Waals surface area contributed by atoms with Crippen molar-refractivity contribution in [2.45, 2.75) is 19.4 Å². The molecule has 20 heavy (non-hydrogen) atoms. The Morgan fingerprint density at radius 3 is 2.85 bits per heavy atom. The van der Waals surface area contributed by atoms with Crippen molar-refractivity contribution in [2.24, 2.45) is 5.73 Å². The molecule has 0 aliphatic rings. The molecule has 1 aromatic carbocycles. The molecule has 0 saturated carbocycles. The highest BCUT2D eigenvalue weighted by atomic mass is 35.5. The molecule has 1 aromatic heterocycles. The summed E-state index contributed by atoms with van der Waals surface area (Å²) in [5.74, 6) is -0.219. The molecule has 0 aliphatic carbocycles. The van der Waals surface area contributed by atoms with Crippen molar-refractivity contribution in [1.82, 2.24) is 15.1 Å². The van der Waals surface area contributed by atoms with Gasteiger partial charge >= 0.3 is 0 Å². The third kappa shape index (κ3) is 3.18. The van der Waals surface area contributed by atoms with Crippen LogP contribution in [0, 0.1) is 0 Å². The topological polar surface area (TPSA) is 72.9 Å². The van der Waals surface area contributed by atoms with E-state index >= 15 is 0 Å². The lowest BCUT2D eigenvalue weighted by atomic mass is 10.1. The molecule has 0 saturated heterocycles. The fourth-order valence-corrected chi connectivity index (χ4v) is 2.16. The summed E-state index contributed by atoms with van der Waals surface area (Å²) in [4.78, 5) is 11.5. The second-order valence-electron chi connectivity index (χ2n) is 4.68. The molecule has 0 fully saturated rings. The Morgan fingerprint density at radius 1 is 1.50 bits per heavy atom. The Hall–Kier alpha value is -1.85. The van der Waals surface area contributed by atoms with Gasteiger partial charge in [-0.15, -0.1) is 0 Å². The van der Waals surface area contributed by atoms with Crippen molar-refractivity contribution < 1.29 is 4.79 Å². The molecule has 1 amide bonds. The van der Waals surface area contributed by atoms with Gasteiger partial charge in [-0.25, -0.2) is 4.68 Å². The molecule has 2 aromatic rings. The normalized spacial score (nSPS) is 12.2. The zero-order chi connectivity index (χ0) is 14.7. The molecule has 6 heteroatoms. The average molecular weight is 293 g/mol. The van der Waals surface area contributed by atoms with Crippen LogP contribution in [0.1, 0.15) is 23.0 Å². The van der Waals surface area contributed by atoms with Gasteiger partial charge in [-0.05, 0) is 37.1 Å². The van der Waals surface area contributed by atoms with Gasteiger partial charge in [0.15, 0.2) is 5.69 Å². The number of carbonyl (C=O) groups is 1. The monoisotopic (exact) mass is 292 g/mol. The molecule has 0 aliphatic heterocycles. The maximum absolute atomic E-state index is 11.5. The minimum absolute atomic E-state index is 0.0582. The highest BCUT2D eigenvalue weighted by molar-refractivity contribution is 6.31. The molecule has 1 heterocycles. The summed E-state index contributed by atoms with van der Waals surface area (Å²) in [6, 6.07) is 7.37. The van der Waals surface area contributed by atoms with Crippen LogP contribution in [0.5, 0.6) is 0 Å². The van der Waals surface area contributed by atoms with Crippen molar-refractivity contribution in [3.05, 3.63) is 46.7 Å². The first-order valence-electron chi connectivity index (χ1n) is 6.33. The number of halogens is 1. The fourth-order valence-electron chi connectivity index (χ4n) is 1.91. The Balaban J connectivity index is 2.27. The maximum atomic E-state index is 11.5. The average Bonchev–Trinajstić information content (AvgIpc) is 2.89. The summed E-state index contributed by atoms with van der Waals surface area (Å²) in [6.07, 6.45) is 2.45. The lowest BCUT2D eigenvalue weighted by Crippen LogP contribution is -2.18. The number of nitrogens with zero attached hydrogens (tertiary/aromatic N) is 2. The molecule has 0 radical (unpaired) electrons. The number of carbonyl (C=O) groups excluding carboxylic acids is 1. The Kier molecular flexibility index (Phi) is 4.42. The minimum atomic E-state index is -0.219. The maximum Gasteiger partial charge on any atom is 0.271 e. The lowest BCUT2D eigenvalue weighted by Gasteiger charge is -2.09. The standard InChI is InChI=1S/C14H17ClN4O/c1-9(16)7-10-3-4-11(8-12(10)15)19-6-5-13(18-19)14(20)17-2/h3-6,8-9H,7,16H2,1-2H3,(H,17,20). The van der Waals surface area contributed by atoms with E-state index in [9.17, 15) is 4.79 Å². The van der Waals surface area contributed by atoms with Crippen LogP contribution >= 0.6 is 11.6 Å². The smallest absolute Gasteiger partial charge is 0.271 e. The summed E-state index contributed by atoms with van der Waals surface area (Å²) in [5.41, 5.74) is 7.95. The second kappa shape index (κ2) is 6.07. The third-order valence-electron chi connectivity index (χ3n) is 2.89. The molecule has 0 spiro atoms. The largest absolute Gasteiger partial charge is 0.354 e. The molecule has 2 rings (SSSR count). The summed E-state index contributed by atoms with van der Waals surface area (Å²) in [5, 5.41) is 7.39. The van der Waals surface area contributed by atoms with Crippen LogP contribution in [0.3, 0.4) is 0 Å². The van der Waals surface area contributed by atoms with Gasteiger partial charge in [0.05, 0.1) is 5.69 Å². The van der Waals surface area contributed by atoms with Crippen molar-refractivity contribution in [1.29, 1.82) is 0 Å². The first-order chi connectivity index (χ1) is 9.51. The minimum Gasteiger partial charge on any atom is -0.354 e. The summed E-state index contributed by atoms with van der Waals surface area (Å²) >= 11 is 6.24. The fraction of sp³-hybridized carbons (Fsp3) is 0.286. The van der Waals surface area contributed by atoms with Crippen LogP contribution in [0.15, 0.2) is 30.5 Å². The summed E-state index contributed by atoms with van der Waals surface area (Å²) in [7, 11) is 1.57. The van der Waals surface area contributed by atoms with Gasteiger partial charge in [0.2, 0.25) is 0 Å². The molecule has 0 bridgehead atoms. The van der Waals surface area contributed by atoms with Crippen LogP contribution in [-0.4, -0.2) is 28.8 Å². The first kappa shape index (κ1) is 14.6. The molecule has 1 unspecified atom stereocenters. The van der Waals surface area contributed by atoms with E-state index in [4.69, 9.17) is 17.3 Å². The Labute approximate surface area is 122 Å². The van der Waals surface area contributed by atoms with Crippen molar-refractivity contribution in [3.8, 4) is 5.69 Å². The first-order valence-corrected chi connectivity index (χ1v) is 6.71. The number of hydrogen-bond acceptors (Lipinski definition) is 3. The van der Waals surface area contributed by atoms with E-state index in [1.807, 2.05) is 25.1 Å². The van der Waals surface area contributed by atoms with E-state index in [2.05, 4.69) is 10.4 Å². The number of amides is 1. The van der Waals surface area contributed by atoms with E-state index in [1.54, 1.807) is 24.0 Å². The van der Waals surface area contributed by atoms with Crippen molar-refractivity contribution in [3.63, 3.8) is 0 Å². The zero-order valence-corrected chi connectivity index (χ0v) is 12.2. The van der Waals surface area contributed by atoms with Gasteiger partial charge in [0.1, 0.15) is 0 Å². The van der Waals surface area contributed by atoms with E-state index in [0.717, 1.165) is 17.7 Å². The predicted molar refractivity (Wildman–Crippen MR) is 79.3 cm³/mol. The van der Waals surface area contributed by atoms with Gasteiger partial charge in [0, 0.05) is 24.3 Å². The van der Waals surface area contributed by atoms with Crippen LogP contribution in [0.25, 0.3) is 5.69 Å². The van der Waals surface area contributed by atoms with Crippen LogP contribution in [0.2, 0.25) is 5.02 Å². The number of benzene rings is 1. The lowest BCUT2D eigenvalue weighted by molar-refractivity contribution is 0.0957. The number of hydrogen-bond donors (Lipinski definition) is 2. The SMILES string of the molecule is CNC(=O)c1ccn(-c2ccc(CC(C)N)c(Cl)c2)n1. The van der Waals surface area contributed by atoms with Gasteiger partial charge in [-0.3, -0.25) is 4.79 Å². The van der Waals surface area contributed by atoms with E-state index < -0.39 is 0 Å². The predicted octanol–water partition coefficient (Wildman–Crippen LogP) is 1.78. The van der Waals surface area contributed by atoms with E-state index in [0.29, 0.717) is 10.7 Å². The van der Waals surface area contributed by atoms with Crippen LogP contribution in [0.4, 0.5) is 0 Å². The quantitative estimate of drug-likeness (QED) is 0.902. The summed E-state index contributed by atoms with van der Waals surface area (Å²) in [6.45, 7) is 1.94. The Bertz CT molecular complexity index is 621. The van der Waals surface area contributed by atoms with E-state index in [1.165, 1.54) is 0 Å². The molecular weight excluding hydrogens is 276 g/mol. The second-order valence-corrected chi connectivity index (χ2v) is 5.09. The zero-order valence-electron chi connectivity index (χ0n) is 11.4. The van der Waals surface area contributed by atoms with Crippen molar-refractivity contribution >= 4 is 17.5 Å². The number of nitrogens with one attached hydrogen (secondary N) is 1. The molecule has 106 valence electrons. The Morgan fingerprint density at radius 2 is 2.25 bits per heavy atom. The molecule has 3 N–H and O–H groups in total.